The number of hydrogen-bond acceptors (Lipinski definition) is 6. The highest BCUT2D eigenvalue weighted by Gasteiger charge is 2.32. The molecule has 0 atom stereocenters. The molecule has 1 saturated heterocycles. The maximum Gasteiger partial charge on any atom is 0.266 e. The molecule has 1 fully saturated rings. The first kappa shape index (κ1) is 20.5. The summed E-state index contributed by atoms with van der Waals surface area (Å²) in [5.41, 5.74) is 3.51. The van der Waals surface area contributed by atoms with Crippen LogP contribution >= 0.6 is 24.0 Å². The molecule has 1 amide bonds. The van der Waals surface area contributed by atoms with Crippen LogP contribution in [0, 0.1) is 0 Å². The van der Waals surface area contributed by atoms with Crippen molar-refractivity contribution in [2.24, 2.45) is 0 Å². The van der Waals surface area contributed by atoms with Crippen LogP contribution in [0.15, 0.2) is 66.0 Å². The number of thioether (sulfide) groups is 1. The third kappa shape index (κ3) is 4.35. The van der Waals surface area contributed by atoms with E-state index < -0.39 is 0 Å². The first-order chi connectivity index (χ1) is 14.7. The highest BCUT2D eigenvalue weighted by atomic mass is 32.2. The van der Waals surface area contributed by atoms with Gasteiger partial charge >= 0.3 is 0 Å². The van der Waals surface area contributed by atoms with Gasteiger partial charge in [0.2, 0.25) is 0 Å². The number of methoxy groups -OCH3 is 1. The van der Waals surface area contributed by atoms with Crippen molar-refractivity contribution >= 4 is 40.3 Å². The fraction of sp³-hybridized carbons (Fsp3) is 0.182. The predicted molar refractivity (Wildman–Crippen MR) is 123 cm³/mol. The molecule has 0 N–H and O–H groups in total. The molecule has 4 rings (SSSR count). The van der Waals surface area contributed by atoms with Crippen LogP contribution in [0.4, 0.5) is 0 Å². The van der Waals surface area contributed by atoms with Crippen molar-refractivity contribution in [1.29, 1.82) is 0 Å². The Morgan fingerprint density at radius 1 is 1.17 bits per heavy atom. The van der Waals surface area contributed by atoms with E-state index in [1.165, 1.54) is 11.8 Å². The molecule has 6 nitrogen and oxygen atoms in total. The van der Waals surface area contributed by atoms with Gasteiger partial charge in [0.1, 0.15) is 10.0 Å². The highest BCUT2D eigenvalue weighted by molar-refractivity contribution is 8.26. The molecule has 1 aromatic carbocycles. The minimum Gasteiger partial charge on any atom is -0.385 e. The molecule has 0 radical (unpaired) electrons. The average Bonchev–Trinajstić information content (AvgIpc) is 3.31. The highest BCUT2D eigenvalue weighted by Crippen LogP contribution is 2.34. The summed E-state index contributed by atoms with van der Waals surface area (Å²) in [5.74, 6) is -0.0748. The zero-order chi connectivity index (χ0) is 20.9. The summed E-state index contributed by atoms with van der Waals surface area (Å²) in [7, 11) is 1.65. The van der Waals surface area contributed by atoms with Gasteiger partial charge < -0.3 is 4.74 Å². The quantitative estimate of drug-likeness (QED) is 0.315. The van der Waals surface area contributed by atoms with Crippen LogP contribution in [0.1, 0.15) is 12.0 Å². The number of rotatable bonds is 7. The summed E-state index contributed by atoms with van der Waals surface area (Å²) in [6.07, 6.45) is 8.01. The Kier molecular flexibility index (Phi) is 6.37. The number of nitrogens with zero attached hydrogens (tertiary/aromatic N) is 4. The molecule has 152 valence electrons. The second-order valence-electron chi connectivity index (χ2n) is 6.63. The van der Waals surface area contributed by atoms with Gasteiger partial charge in [-0.05, 0) is 36.8 Å². The van der Waals surface area contributed by atoms with Crippen molar-refractivity contribution < 1.29 is 9.53 Å². The van der Waals surface area contributed by atoms with E-state index >= 15 is 0 Å². The van der Waals surface area contributed by atoms with E-state index in [9.17, 15) is 4.79 Å². The van der Waals surface area contributed by atoms with E-state index in [0.29, 0.717) is 22.4 Å². The van der Waals surface area contributed by atoms with Gasteiger partial charge in [-0.2, -0.15) is 5.10 Å². The van der Waals surface area contributed by atoms with Crippen molar-refractivity contribution in [3.05, 3.63) is 71.5 Å². The number of ether oxygens (including phenoxy) is 1. The topological polar surface area (TPSA) is 60.2 Å². The zero-order valence-corrected chi connectivity index (χ0v) is 18.0. The van der Waals surface area contributed by atoms with Crippen molar-refractivity contribution in [3.8, 4) is 16.9 Å². The molecule has 1 aliphatic rings. The standard InChI is InChI=1S/C22H20N4O2S2/c1-28-13-5-12-25-21(27)19(30-22(25)29)14-17-15-26(18-6-3-2-4-7-18)24-20(17)16-8-10-23-11-9-16/h2-4,6-11,14-15H,5,12-13H2,1H3/b19-14+. The van der Waals surface area contributed by atoms with Gasteiger partial charge in [0.05, 0.1) is 10.6 Å². The summed E-state index contributed by atoms with van der Waals surface area (Å²) >= 11 is 6.75. The third-order valence-corrected chi connectivity index (χ3v) is 5.99. The molecular formula is C22H20N4O2S2. The van der Waals surface area contributed by atoms with Crippen LogP contribution in [-0.4, -0.2) is 50.2 Å². The van der Waals surface area contributed by atoms with Crippen molar-refractivity contribution in [2.45, 2.75) is 6.42 Å². The summed E-state index contributed by atoms with van der Waals surface area (Å²) in [5, 5.41) is 4.78. The van der Waals surface area contributed by atoms with Gasteiger partial charge in [-0.15, -0.1) is 0 Å². The molecule has 0 spiro atoms. The number of pyridine rings is 1. The lowest BCUT2D eigenvalue weighted by Gasteiger charge is -2.13. The Bertz CT molecular complexity index is 1080. The van der Waals surface area contributed by atoms with E-state index in [1.54, 1.807) is 24.4 Å². The number of carbonyl (C=O) groups excluding carboxylic acids is 1. The fourth-order valence-corrected chi connectivity index (χ4v) is 4.44. The van der Waals surface area contributed by atoms with E-state index in [-0.39, 0.29) is 5.91 Å². The normalized spacial score (nSPS) is 15.4. The predicted octanol–water partition coefficient (Wildman–Crippen LogP) is 4.17. The van der Waals surface area contributed by atoms with Crippen LogP contribution in [0.25, 0.3) is 23.0 Å². The largest absolute Gasteiger partial charge is 0.385 e. The van der Waals surface area contributed by atoms with Gasteiger partial charge in [-0.3, -0.25) is 14.7 Å². The lowest BCUT2D eigenvalue weighted by molar-refractivity contribution is -0.122. The second-order valence-corrected chi connectivity index (χ2v) is 8.30. The first-order valence-corrected chi connectivity index (χ1v) is 10.7. The lowest BCUT2D eigenvalue weighted by Crippen LogP contribution is -2.29. The van der Waals surface area contributed by atoms with Crippen molar-refractivity contribution in [2.75, 3.05) is 20.3 Å². The second kappa shape index (κ2) is 9.34. The number of carbonyl (C=O) groups is 1. The van der Waals surface area contributed by atoms with Crippen LogP contribution in [0.5, 0.6) is 0 Å². The third-order valence-electron chi connectivity index (χ3n) is 4.61. The number of benzene rings is 1. The number of para-hydroxylation sites is 1. The van der Waals surface area contributed by atoms with E-state index in [1.807, 2.05) is 59.4 Å². The molecule has 30 heavy (non-hydrogen) atoms. The maximum absolute atomic E-state index is 12.9. The molecule has 0 bridgehead atoms. The van der Waals surface area contributed by atoms with Crippen LogP contribution in [0.3, 0.4) is 0 Å². The molecule has 0 aliphatic carbocycles. The van der Waals surface area contributed by atoms with Gasteiger partial charge in [0.25, 0.3) is 5.91 Å². The first-order valence-electron chi connectivity index (χ1n) is 9.47. The molecule has 3 heterocycles. The molecule has 8 heteroatoms. The van der Waals surface area contributed by atoms with Gasteiger partial charge in [0, 0.05) is 50.0 Å². The summed E-state index contributed by atoms with van der Waals surface area (Å²) in [6, 6.07) is 13.7. The Morgan fingerprint density at radius 2 is 1.93 bits per heavy atom. The van der Waals surface area contributed by atoms with Crippen LogP contribution in [0.2, 0.25) is 0 Å². The molecule has 0 saturated carbocycles. The number of thiocarbonyl (C=S) groups is 1. The maximum atomic E-state index is 12.9. The molecular weight excluding hydrogens is 416 g/mol. The van der Waals surface area contributed by atoms with Crippen molar-refractivity contribution in [3.63, 3.8) is 0 Å². The minimum atomic E-state index is -0.0748. The van der Waals surface area contributed by atoms with E-state index in [0.717, 1.165) is 28.9 Å². The Morgan fingerprint density at radius 3 is 2.67 bits per heavy atom. The van der Waals surface area contributed by atoms with Crippen LogP contribution in [-0.2, 0) is 9.53 Å². The molecule has 1 aliphatic heterocycles. The fourth-order valence-electron chi connectivity index (χ4n) is 3.14. The van der Waals surface area contributed by atoms with Crippen LogP contribution < -0.4 is 0 Å². The Balaban J connectivity index is 1.70. The Labute approximate surface area is 184 Å². The van der Waals surface area contributed by atoms with Crippen molar-refractivity contribution in [1.82, 2.24) is 19.7 Å². The summed E-state index contributed by atoms with van der Waals surface area (Å²) in [4.78, 5) is 19.2. The Hall–Kier alpha value is -2.81. The molecule has 3 aromatic rings. The van der Waals surface area contributed by atoms with Gasteiger partial charge in [0.15, 0.2) is 0 Å². The van der Waals surface area contributed by atoms with Gasteiger partial charge in [-0.1, -0.05) is 42.2 Å². The van der Waals surface area contributed by atoms with E-state index in [2.05, 4.69) is 4.98 Å². The SMILES string of the molecule is COCCCN1C(=O)/C(=C\c2cn(-c3ccccc3)nc2-c2ccncc2)SC1=S. The average molecular weight is 437 g/mol. The zero-order valence-electron chi connectivity index (χ0n) is 16.4. The van der Waals surface area contributed by atoms with E-state index in [4.69, 9.17) is 22.1 Å². The number of aromatic nitrogens is 3. The minimum absolute atomic E-state index is 0.0748. The van der Waals surface area contributed by atoms with Gasteiger partial charge in [-0.25, -0.2) is 4.68 Å². The molecule has 0 unspecified atom stereocenters. The smallest absolute Gasteiger partial charge is 0.266 e. The molecule has 2 aromatic heterocycles. The number of amides is 1. The number of hydrogen-bond donors (Lipinski definition) is 0. The summed E-state index contributed by atoms with van der Waals surface area (Å²) in [6.45, 7) is 1.14. The monoisotopic (exact) mass is 436 g/mol. The lowest BCUT2D eigenvalue weighted by atomic mass is 10.1. The summed E-state index contributed by atoms with van der Waals surface area (Å²) < 4.78 is 7.48.